The van der Waals surface area contributed by atoms with Gasteiger partial charge in [-0.25, -0.2) is 4.79 Å². The van der Waals surface area contributed by atoms with Crippen molar-refractivity contribution < 1.29 is 19.0 Å². The molecule has 7 heteroatoms. The number of halogens is 1. The average molecular weight is 287 g/mol. The number of benzene rings is 1. The Balaban J connectivity index is 2.93. The lowest BCUT2D eigenvalue weighted by molar-refractivity contribution is 0.0601. The third kappa shape index (κ3) is 4.03. The molecule has 0 aliphatic carbocycles. The van der Waals surface area contributed by atoms with Gasteiger partial charge in [0.2, 0.25) is 5.90 Å². The first kappa shape index (κ1) is 15.1. The van der Waals surface area contributed by atoms with E-state index in [1.165, 1.54) is 21.3 Å². The molecular weight excluding hydrogens is 272 g/mol. The van der Waals surface area contributed by atoms with Crippen molar-refractivity contribution in [3.63, 3.8) is 0 Å². The first-order chi connectivity index (χ1) is 9.15. The van der Waals surface area contributed by atoms with Gasteiger partial charge in [-0.05, 0) is 18.2 Å². The summed E-state index contributed by atoms with van der Waals surface area (Å²) in [5.41, 5.74) is 1.02. The molecule has 0 aliphatic heterocycles. The van der Waals surface area contributed by atoms with Crippen molar-refractivity contribution in [2.75, 3.05) is 33.2 Å². The van der Waals surface area contributed by atoms with E-state index < -0.39 is 5.97 Å². The molecule has 0 aliphatic rings. The van der Waals surface area contributed by atoms with Gasteiger partial charge < -0.3 is 19.5 Å². The van der Waals surface area contributed by atoms with Crippen LogP contribution in [0.5, 0.6) is 5.75 Å². The first-order valence-corrected chi connectivity index (χ1v) is 5.72. The second-order valence-corrected chi connectivity index (χ2v) is 3.61. The number of nitrogens with zero attached hydrogens (tertiary/aromatic N) is 1. The SMILES string of the molecule is COC(=O)c1ccc(OC)c(NCC(=NCl)OC)c1. The van der Waals surface area contributed by atoms with E-state index in [1.54, 1.807) is 18.2 Å². The van der Waals surface area contributed by atoms with Crippen LogP contribution in [0.4, 0.5) is 5.69 Å². The Morgan fingerprint density at radius 1 is 1.32 bits per heavy atom. The van der Waals surface area contributed by atoms with E-state index in [0.717, 1.165) is 0 Å². The van der Waals surface area contributed by atoms with Crippen molar-refractivity contribution in [3.05, 3.63) is 23.8 Å². The highest BCUT2D eigenvalue weighted by molar-refractivity contribution is 6.19. The molecule has 0 bridgehead atoms. The zero-order valence-corrected chi connectivity index (χ0v) is 11.7. The zero-order valence-electron chi connectivity index (χ0n) is 10.9. The van der Waals surface area contributed by atoms with Crippen LogP contribution in [-0.4, -0.2) is 39.7 Å². The van der Waals surface area contributed by atoms with Gasteiger partial charge >= 0.3 is 5.97 Å². The Morgan fingerprint density at radius 3 is 2.58 bits per heavy atom. The largest absolute Gasteiger partial charge is 0.495 e. The highest BCUT2D eigenvalue weighted by Gasteiger charge is 2.11. The number of rotatable bonds is 5. The van der Waals surface area contributed by atoms with E-state index in [4.69, 9.17) is 21.3 Å². The van der Waals surface area contributed by atoms with E-state index >= 15 is 0 Å². The summed E-state index contributed by atoms with van der Waals surface area (Å²) in [6.07, 6.45) is 0. The molecule has 1 rings (SSSR count). The number of hydrogen-bond donors (Lipinski definition) is 1. The van der Waals surface area contributed by atoms with Crippen molar-refractivity contribution in [3.8, 4) is 5.75 Å². The third-order valence-corrected chi connectivity index (χ3v) is 2.57. The molecule has 1 aromatic rings. The fraction of sp³-hybridized carbons (Fsp3) is 0.333. The predicted octanol–water partition coefficient (Wildman–Crippen LogP) is 2.09. The fourth-order valence-electron chi connectivity index (χ4n) is 1.40. The normalized spacial score (nSPS) is 10.8. The van der Waals surface area contributed by atoms with E-state index in [-0.39, 0.29) is 6.54 Å². The van der Waals surface area contributed by atoms with Gasteiger partial charge in [0.15, 0.2) is 0 Å². The predicted molar refractivity (Wildman–Crippen MR) is 73.1 cm³/mol. The van der Waals surface area contributed by atoms with E-state index in [0.29, 0.717) is 22.9 Å². The second kappa shape index (κ2) is 7.48. The van der Waals surface area contributed by atoms with Crippen LogP contribution in [0.3, 0.4) is 0 Å². The van der Waals surface area contributed by atoms with Crippen LogP contribution in [0.2, 0.25) is 0 Å². The maximum absolute atomic E-state index is 11.5. The lowest BCUT2D eigenvalue weighted by Gasteiger charge is -2.12. The maximum atomic E-state index is 11.5. The first-order valence-electron chi connectivity index (χ1n) is 5.38. The molecule has 1 N–H and O–H groups in total. The number of methoxy groups -OCH3 is 3. The number of hydrogen-bond acceptors (Lipinski definition) is 6. The molecule has 19 heavy (non-hydrogen) atoms. The molecule has 0 heterocycles. The summed E-state index contributed by atoms with van der Waals surface area (Å²) in [5.74, 6) is 0.466. The Hall–Kier alpha value is -1.95. The molecule has 0 radical (unpaired) electrons. The van der Waals surface area contributed by atoms with Crippen LogP contribution in [0, 0.1) is 0 Å². The maximum Gasteiger partial charge on any atom is 0.337 e. The van der Waals surface area contributed by atoms with Gasteiger partial charge in [0.25, 0.3) is 0 Å². The van der Waals surface area contributed by atoms with Gasteiger partial charge in [-0.2, -0.15) is 0 Å². The molecular formula is C12H15ClN2O4. The minimum absolute atomic E-state index is 0.265. The molecule has 104 valence electrons. The monoisotopic (exact) mass is 286 g/mol. The minimum atomic E-state index is -0.427. The molecule has 0 unspecified atom stereocenters. The smallest absolute Gasteiger partial charge is 0.337 e. The van der Waals surface area contributed by atoms with E-state index in [9.17, 15) is 4.79 Å². The van der Waals surface area contributed by atoms with Gasteiger partial charge in [-0.15, -0.1) is 4.51 Å². The number of esters is 1. The highest BCUT2D eigenvalue weighted by Crippen LogP contribution is 2.25. The summed E-state index contributed by atoms with van der Waals surface area (Å²) in [6, 6.07) is 4.90. The Morgan fingerprint density at radius 2 is 2.05 bits per heavy atom. The van der Waals surface area contributed by atoms with Crippen LogP contribution in [0.25, 0.3) is 0 Å². The molecule has 0 saturated carbocycles. The lowest BCUT2D eigenvalue weighted by Crippen LogP contribution is -2.16. The number of ether oxygens (including phenoxy) is 3. The highest BCUT2D eigenvalue weighted by atomic mass is 35.5. The van der Waals surface area contributed by atoms with Crippen LogP contribution in [0.15, 0.2) is 22.7 Å². The number of carbonyl (C=O) groups is 1. The van der Waals surface area contributed by atoms with Crippen LogP contribution in [0.1, 0.15) is 10.4 Å². The molecule has 0 amide bonds. The third-order valence-electron chi connectivity index (χ3n) is 2.38. The van der Waals surface area contributed by atoms with Gasteiger partial charge in [-0.1, -0.05) is 0 Å². The topological polar surface area (TPSA) is 69.2 Å². The van der Waals surface area contributed by atoms with Crippen molar-refractivity contribution >= 4 is 29.3 Å². The van der Waals surface area contributed by atoms with Crippen molar-refractivity contribution in [2.45, 2.75) is 0 Å². The number of anilines is 1. The average Bonchev–Trinajstić information content (AvgIpc) is 2.47. The summed E-state index contributed by atoms with van der Waals surface area (Å²) in [4.78, 5) is 11.5. The van der Waals surface area contributed by atoms with Gasteiger partial charge in [0, 0.05) is 11.8 Å². The molecule has 6 nitrogen and oxygen atoms in total. The summed E-state index contributed by atoms with van der Waals surface area (Å²) >= 11 is 5.33. The Labute approximate surface area is 116 Å². The van der Waals surface area contributed by atoms with E-state index in [1.807, 2.05) is 0 Å². The quantitative estimate of drug-likeness (QED) is 0.510. The van der Waals surface area contributed by atoms with Crippen molar-refractivity contribution in [1.29, 1.82) is 0 Å². The minimum Gasteiger partial charge on any atom is -0.495 e. The summed E-state index contributed by atoms with van der Waals surface area (Å²) in [6.45, 7) is 0.265. The van der Waals surface area contributed by atoms with Gasteiger partial charge in [0.05, 0.1) is 39.1 Å². The summed E-state index contributed by atoms with van der Waals surface area (Å²) < 4.78 is 18.2. The van der Waals surface area contributed by atoms with Gasteiger partial charge in [-0.3, -0.25) is 0 Å². The summed E-state index contributed by atoms with van der Waals surface area (Å²) in [5, 5.41) is 3.01. The molecule has 0 atom stereocenters. The van der Waals surface area contributed by atoms with Gasteiger partial charge in [0.1, 0.15) is 5.75 Å². The number of nitrogens with one attached hydrogen (secondary N) is 1. The Kier molecular flexibility index (Phi) is 5.95. The van der Waals surface area contributed by atoms with Crippen LogP contribution in [-0.2, 0) is 9.47 Å². The molecule has 0 fully saturated rings. The number of carbonyl (C=O) groups excluding carboxylic acids is 1. The molecule has 1 aromatic carbocycles. The molecule has 0 aromatic heterocycles. The summed E-state index contributed by atoms with van der Waals surface area (Å²) in [7, 11) is 4.32. The van der Waals surface area contributed by atoms with Crippen LogP contribution >= 0.6 is 11.8 Å². The second-order valence-electron chi connectivity index (χ2n) is 3.44. The standard InChI is InChI=1S/C12H15ClN2O4/c1-17-10-5-4-8(12(16)19-3)6-9(10)14-7-11(15-13)18-2/h4-6,14H,7H2,1-3H3. The van der Waals surface area contributed by atoms with Crippen molar-refractivity contribution in [2.24, 2.45) is 4.51 Å². The zero-order chi connectivity index (χ0) is 14.3. The fourth-order valence-corrected chi connectivity index (χ4v) is 1.53. The van der Waals surface area contributed by atoms with Crippen molar-refractivity contribution in [1.82, 2.24) is 0 Å². The Bertz CT molecular complexity index is 477. The molecule has 0 spiro atoms. The molecule has 0 saturated heterocycles. The van der Waals surface area contributed by atoms with Crippen LogP contribution < -0.4 is 10.1 Å². The van der Waals surface area contributed by atoms with E-state index in [2.05, 4.69) is 14.6 Å². The lowest BCUT2D eigenvalue weighted by atomic mass is 10.2.